The second-order valence-corrected chi connectivity index (χ2v) is 7.49. The maximum Gasteiger partial charge on any atom is 0.258 e. The molecule has 1 aliphatic heterocycles. The van der Waals surface area contributed by atoms with Gasteiger partial charge in [0.05, 0.1) is 5.69 Å². The number of oxazole rings is 1. The van der Waals surface area contributed by atoms with E-state index in [1.54, 1.807) is 10.5 Å². The summed E-state index contributed by atoms with van der Waals surface area (Å²) >= 11 is 0. The van der Waals surface area contributed by atoms with E-state index < -0.39 is 0 Å². The molecular formula is C23H22N4O2. The van der Waals surface area contributed by atoms with Crippen molar-refractivity contribution in [2.75, 3.05) is 6.54 Å². The molecule has 0 fully saturated rings. The van der Waals surface area contributed by atoms with E-state index in [4.69, 9.17) is 9.40 Å². The fraction of sp³-hybridized carbons (Fsp3) is 0.261. The zero-order valence-electron chi connectivity index (χ0n) is 16.5. The van der Waals surface area contributed by atoms with E-state index in [9.17, 15) is 4.79 Å². The van der Waals surface area contributed by atoms with E-state index in [-0.39, 0.29) is 5.56 Å². The molecule has 0 amide bonds. The second-order valence-electron chi connectivity index (χ2n) is 7.49. The first-order chi connectivity index (χ1) is 14.1. The standard InChI is InChI=1S/C23H22N4O2/c1-3-18-10-15(8-9-24-18)17-5-7-22-26-20(12-23(28)27(22)13-17)16-4-6-19-21(11-16)29-14(2)25-19/h4-8,11-13,18,24H,3,9-10H2,1-2H3. The topological polar surface area (TPSA) is 72.4 Å². The number of hydrogen-bond donors (Lipinski definition) is 1. The second kappa shape index (κ2) is 6.97. The molecule has 1 atom stereocenters. The molecule has 0 saturated heterocycles. The summed E-state index contributed by atoms with van der Waals surface area (Å²) in [4.78, 5) is 21.9. The predicted molar refractivity (Wildman–Crippen MR) is 114 cm³/mol. The Labute approximate surface area is 167 Å². The molecule has 0 spiro atoms. The lowest BCUT2D eigenvalue weighted by Gasteiger charge is -2.23. The van der Waals surface area contributed by atoms with Crippen LogP contribution in [0.25, 0.3) is 33.6 Å². The average Bonchev–Trinajstić information content (AvgIpc) is 3.12. The molecule has 5 rings (SSSR count). The third kappa shape index (κ3) is 3.25. The third-order valence-corrected chi connectivity index (χ3v) is 5.54. The predicted octanol–water partition coefficient (Wildman–Crippen LogP) is 3.97. The summed E-state index contributed by atoms with van der Waals surface area (Å²) in [7, 11) is 0. The lowest BCUT2D eigenvalue weighted by molar-refractivity contribution is 0.521. The summed E-state index contributed by atoms with van der Waals surface area (Å²) in [5, 5.41) is 3.49. The maximum atomic E-state index is 12.9. The van der Waals surface area contributed by atoms with Gasteiger partial charge >= 0.3 is 0 Å². The van der Waals surface area contributed by atoms with Crippen molar-refractivity contribution in [1.82, 2.24) is 19.7 Å². The van der Waals surface area contributed by atoms with Crippen LogP contribution >= 0.6 is 0 Å². The Kier molecular flexibility index (Phi) is 4.28. The summed E-state index contributed by atoms with van der Waals surface area (Å²) in [5.74, 6) is 0.619. The van der Waals surface area contributed by atoms with Gasteiger partial charge in [0.2, 0.25) is 0 Å². The fourth-order valence-corrected chi connectivity index (χ4v) is 3.93. The molecule has 6 heteroatoms. The zero-order chi connectivity index (χ0) is 20.0. The Morgan fingerprint density at radius 3 is 2.90 bits per heavy atom. The normalized spacial score (nSPS) is 17.0. The molecule has 1 aliphatic rings. The highest BCUT2D eigenvalue weighted by atomic mass is 16.3. The Morgan fingerprint density at radius 2 is 2.03 bits per heavy atom. The van der Waals surface area contributed by atoms with E-state index in [0.717, 1.165) is 36.0 Å². The van der Waals surface area contributed by atoms with Gasteiger partial charge in [0, 0.05) is 37.3 Å². The summed E-state index contributed by atoms with van der Waals surface area (Å²) in [6.07, 6.45) is 6.17. The number of aryl methyl sites for hydroxylation is 1. The van der Waals surface area contributed by atoms with Crippen LogP contribution in [0.2, 0.25) is 0 Å². The first-order valence-electron chi connectivity index (χ1n) is 9.94. The van der Waals surface area contributed by atoms with Gasteiger partial charge in [-0.2, -0.15) is 0 Å². The summed E-state index contributed by atoms with van der Waals surface area (Å²) in [6, 6.07) is 11.7. The Bertz CT molecular complexity index is 1320. The Hall–Kier alpha value is -3.25. The summed E-state index contributed by atoms with van der Waals surface area (Å²) in [6.45, 7) is 4.87. The van der Waals surface area contributed by atoms with Gasteiger partial charge in [0.25, 0.3) is 5.56 Å². The molecule has 4 aromatic rings. The number of aromatic nitrogens is 3. The molecule has 1 unspecified atom stereocenters. The van der Waals surface area contributed by atoms with Crippen molar-refractivity contribution in [3.05, 3.63) is 70.5 Å². The summed E-state index contributed by atoms with van der Waals surface area (Å²) < 4.78 is 7.24. The van der Waals surface area contributed by atoms with Crippen LogP contribution in [0.15, 0.2) is 57.9 Å². The van der Waals surface area contributed by atoms with Gasteiger partial charge < -0.3 is 9.73 Å². The molecular weight excluding hydrogens is 364 g/mol. The minimum Gasteiger partial charge on any atom is -0.441 e. The van der Waals surface area contributed by atoms with Gasteiger partial charge in [-0.1, -0.05) is 19.1 Å². The van der Waals surface area contributed by atoms with Crippen LogP contribution in [0.1, 0.15) is 31.2 Å². The van der Waals surface area contributed by atoms with Crippen LogP contribution in [0.3, 0.4) is 0 Å². The van der Waals surface area contributed by atoms with Crippen molar-refractivity contribution in [3.63, 3.8) is 0 Å². The third-order valence-electron chi connectivity index (χ3n) is 5.54. The van der Waals surface area contributed by atoms with Crippen molar-refractivity contribution in [2.24, 2.45) is 0 Å². The number of fused-ring (bicyclic) bond motifs is 2. The minimum atomic E-state index is -0.0951. The van der Waals surface area contributed by atoms with Crippen molar-refractivity contribution in [1.29, 1.82) is 0 Å². The molecule has 4 heterocycles. The highest BCUT2D eigenvalue weighted by Crippen LogP contribution is 2.25. The molecule has 0 aliphatic carbocycles. The number of rotatable bonds is 3. The summed E-state index contributed by atoms with van der Waals surface area (Å²) in [5.41, 5.74) is 5.85. The van der Waals surface area contributed by atoms with Gasteiger partial charge in [0.15, 0.2) is 11.5 Å². The van der Waals surface area contributed by atoms with E-state index in [2.05, 4.69) is 29.4 Å². The smallest absolute Gasteiger partial charge is 0.258 e. The number of benzene rings is 1. The molecule has 6 nitrogen and oxygen atoms in total. The van der Waals surface area contributed by atoms with Crippen molar-refractivity contribution < 1.29 is 4.42 Å². The lowest BCUT2D eigenvalue weighted by Crippen LogP contribution is -2.32. The highest BCUT2D eigenvalue weighted by molar-refractivity contribution is 5.79. The van der Waals surface area contributed by atoms with E-state index >= 15 is 0 Å². The monoisotopic (exact) mass is 386 g/mol. The highest BCUT2D eigenvalue weighted by Gasteiger charge is 2.15. The SMILES string of the molecule is CCC1CC(c2ccc3nc(-c4ccc5nc(C)oc5c4)cc(=O)n3c2)=CCN1. The van der Waals surface area contributed by atoms with E-state index in [0.29, 0.717) is 28.9 Å². The quantitative estimate of drug-likeness (QED) is 0.577. The van der Waals surface area contributed by atoms with Gasteiger partial charge in [-0.3, -0.25) is 9.20 Å². The van der Waals surface area contributed by atoms with E-state index in [1.165, 1.54) is 5.57 Å². The largest absolute Gasteiger partial charge is 0.441 e. The van der Waals surface area contributed by atoms with Gasteiger partial charge in [-0.05, 0) is 48.2 Å². The number of nitrogens with one attached hydrogen (secondary N) is 1. The van der Waals surface area contributed by atoms with Crippen LogP contribution in [-0.2, 0) is 0 Å². The number of hydrogen-bond acceptors (Lipinski definition) is 5. The molecule has 0 bridgehead atoms. The number of nitrogens with zero attached hydrogens (tertiary/aromatic N) is 3. The Morgan fingerprint density at radius 1 is 1.17 bits per heavy atom. The van der Waals surface area contributed by atoms with Crippen molar-refractivity contribution >= 4 is 22.3 Å². The molecule has 3 aromatic heterocycles. The average molecular weight is 386 g/mol. The maximum absolute atomic E-state index is 12.9. The molecule has 29 heavy (non-hydrogen) atoms. The lowest BCUT2D eigenvalue weighted by atomic mass is 9.95. The first kappa shape index (κ1) is 17.8. The fourth-order valence-electron chi connectivity index (χ4n) is 3.93. The molecule has 0 radical (unpaired) electrons. The van der Waals surface area contributed by atoms with Crippen LogP contribution in [-0.4, -0.2) is 27.0 Å². The van der Waals surface area contributed by atoms with Gasteiger partial charge in [-0.25, -0.2) is 9.97 Å². The molecule has 1 aromatic carbocycles. The zero-order valence-corrected chi connectivity index (χ0v) is 16.5. The Balaban J connectivity index is 1.56. The van der Waals surface area contributed by atoms with Crippen LogP contribution in [0, 0.1) is 6.92 Å². The van der Waals surface area contributed by atoms with Crippen molar-refractivity contribution in [2.45, 2.75) is 32.7 Å². The van der Waals surface area contributed by atoms with E-state index in [1.807, 2.05) is 37.4 Å². The van der Waals surface area contributed by atoms with Crippen LogP contribution < -0.4 is 10.9 Å². The van der Waals surface area contributed by atoms with Crippen LogP contribution in [0.4, 0.5) is 0 Å². The molecule has 0 saturated carbocycles. The van der Waals surface area contributed by atoms with Crippen LogP contribution in [0.5, 0.6) is 0 Å². The molecule has 1 N–H and O–H groups in total. The number of pyridine rings is 1. The minimum absolute atomic E-state index is 0.0951. The van der Waals surface area contributed by atoms with Gasteiger partial charge in [-0.15, -0.1) is 0 Å². The first-order valence-corrected chi connectivity index (χ1v) is 9.94. The molecule has 146 valence electrons. The van der Waals surface area contributed by atoms with Crippen molar-refractivity contribution in [3.8, 4) is 11.3 Å². The van der Waals surface area contributed by atoms with Gasteiger partial charge in [0.1, 0.15) is 11.2 Å².